The van der Waals surface area contributed by atoms with Crippen LogP contribution in [0.3, 0.4) is 0 Å². The molecule has 6 nitrogen and oxygen atoms in total. The van der Waals surface area contributed by atoms with Gasteiger partial charge in [-0.2, -0.15) is 0 Å². The van der Waals surface area contributed by atoms with Crippen LogP contribution in [-0.2, 0) is 11.3 Å². The molecule has 32 heavy (non-hydrogen) atoms. The lowest BCUT2D eigenvalue weighted by molar-refractivity contribution is -0.124. The van der Waals surface area contributed by atoms with Gasteiger partial charge < -0.3 is 25.0 Å². The van der Waals surface area contributed by atoms with Gasteiger partial charge in [0.05, 0.1) is 6.61 Å². The van der Waals surface area contributed by atoms with Crippen molar-refractivity contribution >= 4 is 5.91 Å². The van der Waals surface area contributed by atoms with Crippen molar-refractivity contribution in [3.05, 3.63) is 23.8 Å². The van der Waals surface area contributed by atoms with Gasteiger partial charge in [0.15, 0.2) is 18.1 Å². The molecule has 1 amide bonds. The van der Waals surface area contributed by atoms with Gasteiger partial charge in [0.25, 0.3) is 5.91 Å². The number of amides is 1. The van der Waals surface area contributed by atoms with Crippen LogP contribution in [-0.4, -0.2) is 55.7 Å². The lowest BCUT2D eigenvalue weighted by Crippen LogP contribution is -2.43. The Labute approximate surface area is 196 Å². The quantitative estimate of drug-likeness (QED) is 0.336. The van der Waals surface area contributed by atoms with Crippen molar-refractivity contribution in [2.75, 3.05) is 39.4 Å². The molecule has 184 valence electrons. The summed E-state index contributed by atoms with van der Waals surface area (Å²) < 4.78 is 11.5. The fourth-order valence-corrected chi connectivity index (χ4v) is 3.41. The second kappa shape index (κ2) is 15.9. The molecule has 0 fully saturated rings. The summed E-state index contributed by atoms with van der Waals surface area (Å²) >= 11 is 0. The van der Waals surface area contributed by atoms with Crippen molar-refractivity contribution < 1.29 is 14.3 Å². The molecule has 1 aromatic rings. The number of unbranched alkanes of at least 4 members (excludes halogenated alkanes) is 2. The van der Waals surface area contributed by atoms with Crippen LogP contribution in [0.5, 0.6) is 11.5 Å². The zero-order valence-electron chi connectivity index (χ0n) is 21.4. The third-order valence-corrected chi connectivity index (χ3v) is 4.99. The first-order valence-electron chi connectivity index (χ1n) is 12.4. The van der Waals surface area contributed by atoms with Gasteiger partial charge in [0.2, 0.25) is 0 Å². The molecule has 1 aromatic carbocycles. The molecule has 0 unspecified atom stereocenters. The SMILES string of the molecule is CCCCN(CCCC)CCCNCc1ccc(OCC(=O)NC(C)(C)C)c(OCC)c1. The summed E-state index contributed by atoms with van der Waals surface area (Å²) in [5.41, 5.74) is 0.871. The summed E-state index contributed by atoms with van der Waals surface area (Å²) in [6, 6.07) is 5.92. The molecular weight excluding hydrogens is 402 g/mol. The first-order valence-corrected chi connectivity index (χ1v) is 12.4. The normalized spacial score (nSPS) is 11.6. The van der Waals surface area contributed by atoms with E-state index in [1.54, 1.807) is 0 Å². The molecule has 0 atom stereocenters. The highest BCUT2D eigenvalue weighted by molar-refractivity contribution is 5.78. The van der Waals surface area contributed by atoms with Gasteiger partial charge >= 0.3 is 0 Å². The first-order chi connectivity index (χ1) is 15.3. The van der Waals surface area contributed by atoms with Crippen molar-refractivity contribution in [1.82, 2.24) is 15.5 Å². The zero-order chi connectivity index (χ0) is 23.8. The summed E-state index contributed by atoms with van der Waals surface area (Å²) in [5.74, 6) is 1.14. The van der Waals surface area contributed by atoms with Gasteiger partial charge in [-0.15, -0.1) is 0 Å². The van der Waals surface area contributed by atoms with Crippen LogP contribution < -0.4 is 20.1 Å². The van der Waals surface area contributed by atoms with Crippen LogP contribution in [0.25, 0.3) is 0 Å². The number of benzene rings is 1. The standard InChI is InChI=1S/C26H47N3O3/c1-7-10-16-29(17-11-8-2)18-12-15-27-20-22-13-14-23(24(19-22)31-9-3)32-21-25(30)28-26(4,5)6/h13-14,19,27H,7-12,15-18,20-21H2,1-6H3,(H,28,30). The Kier molecular flexibility index (Phi) is 14.1. The van der Waals surface area contributed by atoms with Gasteiger partial charge in [-0.1, -0.05) is 32.8 Å². The van der Waals surface area contributed by atoms with Crippen LogP contribution in [0.1, 0.15) is 79.2 Å². The highest BCUT2D eigenvalue weighted by Gasteiger charge is 2.15. The predicted molar refractivity (Wildman–Crippen MR) is 134 cm³/mol. The van der Waals surface area contributed by atoms with E-state index in [1.165, 1.54) is 38.8 Å². The van der Waals surface area contributed by atoms with E-state index in [0.717, 1.165) is 31.6 Å². The van der Waals surface area contributed by atoms with Crippen molar-refractivity contribution in [2.24, 2.45) is 0 Å². The second-order valence-corrected chi connectivity index (χ2v) is 9.38. The van der Waals surface area contributed by atoms with Gasteiger partial charge in [0.1, 0.15) is 0 Å². The number of ether oxygens (including phenoxy) is 2. The van der Waals surface area contributed by atoms with E-state index >= 15 is 0 Å². The Hall–Kier alpha value is -1.79. The summed E-state index contributed by atoms with van der Waals surface area (Å²) in [5, 5.41) is 6.45. The van der Waals surface area contributed by atoms with Crippen LogP contribution >= 0.6 is 0 Å². The molecule has 0 bridgehead atoms. The number of carbonyl (C=O) groups is 1. The molecule has 0 saturated carbocycles. The number of carbonyl (C=O) groups excluding carboxylic acids is 1. The van der Waals surface area contributed by atoms with Gasteiger partial charge in [0, 0.05) is 12.1 Å². The first kappa shape index (κ1) is 28.2. The molecule has 0 spiro atoms. The fourth-order valence-electron chi connectivity index (χ4n) is 3.41. The Morgan fingerprint density at radius 2 is 1.59 bits per heavy atom. The molecule has 0 heterocycles. The lowest BCUT2D eigenvalue weighted by atomic mass is 10.1. The molecule has 0 aromatic heterocycles. The minimum atomic E-state index is -0.276. The van der Waals surface area contributed by atoms with Crippen molar-refractivity contribution in [2.45, 2.75) is 85.7 Å². The molecular formula is C26H47N3O3. The van der Waals surface area contributed by atoms with Crippen LogP contribution in [0.2, 0.25) is 0 Å². The summed E-state index contributed by atoms with van der Waals surface area (Å²) in [6.07, 6.45) is 6.22. The van der Waals surface area contributed by atoms with E-state index in [1.807, 2.05) is 45.9 Å². The molecule has 2 N–H and O–H groups in total. The predicted octanol–water partition coefficient (Wildman–Crippen LogP) is 4.76. The van der Waals surface area contributed by atoms with Crippen molar-refractivity contribution in [1.29, 1.82) is 0 Å². The summed E-state index contributed by atoms with van der Waals surface area (Å²) in [4.78, 5) is 14.6. The number of nitrogens with one attached hydrogen (secondary N) is 2. The van der Waals surface area contributed by atoms with E-state index in [9.17, 15) is 4.79 Å². The van der Waals surface area contributed by atoms with E-state index in [0.29, 0.717) is 18.1 Å². The van der Waals surface area contributed by atoms with Crippen LogP contribution in [0.15, 0.2) is 18.2 Å². The van der Waals surface area contributed by atoms with Crippen LogP contribution in [0.4, 0.5) is 0 Å². The molecule has 0 aliphatic heterocycles. The Bertz CT molecular complexity index is 636. The van der Waals surface area contributed by atoms with Crippen molar-refractivity contribution in [3.63, 3.8) is 0 Å². The molecule has 0 radical (unpaired) electrons. The number of rotatable bonds is 17. The number of hydrogen-bond acceptors (Lipinski definition) is 5. The van der Waals surface area contributed by atoms with Gasteiger partial charge in [-0.25, -0.2) is 0 Å². The highest BCUT2D eigenvalue weighted by Crippen LogP contribution is 2.28. The Morgan fingerprint density at radius 3 is 2.19 bits per heavy atom. The van der Waals surface area contributed by atoms with Gasteiger partial charge in [-0.3, -0.25) is 4.79 Å². The van der Waals surface area contributed by atoms with Crippen molar-refractivity contribution in [3.8, 4) is 11.5 Å². The fraction of sp³-hybridized carbons (Fsp3) is 0.731. The lowest BCUT2D eigenvalue weighted by Gasteiger charge is -2.22. The van der Waals surface area contributed by atoms with E-state index < -0.39 is 0 Å². The zero-order valence-corrected chi connectivity index (χ0v) is 21.4. The monoisotopic (exact) mass is 449 g/mol. The van der Waals surface area contributed by atoms with Crippen LogP contribution in [0, 0.1) is 0 Å². The third-order valence-electron chi connectivity index (χ3n) is 4.99. The minimum absolute atomic E-state index is 0.0263. The highest BCUT2D eigenvalue weighted by atomic mass is 16.5. The maximum Gasteiger partial charge on any atom is 0.258 e. The average molecular weight is 450 g/mol. The number of nitrogens with zero attached hydrogens (tertiary/aromatic N) is 1. The maximum atomic E-state index is 12.0. The summed E-state index contributed by atoms with van der Waals surface area (Å²) in [7, 11) is 0. The molecule has 0 aliphatic carbocycles. The minimum Gasteiger partial charge on any atom is -0.490 e. The maximum absolute atomic E-state index is 12.0. The molecule has 6 heteroatoms. The molecule has 0 saturated heterocycles. The van der Waals surface area contributed by atoms with E-state index in [2.05, 4.69) is 29.4 Å². The topological polar surface area (TPSA) is 62.8 Å². The molecule has 0 aliphatic rings. The van der Waals surface area contributed by atoms with Gasteiger partial charge in [-0.05, 0) is 90.8 Å². The van der Waals surface area contributed by atoms with E-state index in [4.69, 9.17) is 9.47 Å². The third kappa shape index (κ3) is 12.9. The smallest absolute Gasteiger partial charge is 0.258 e. The summed E-state index contributed by atoms with van der Waals surface area (Å²) in [6.45, 7) is 18.2. The molecule has 1 rings (SSSR count). The largest absolute Gasteiger partial charge is 0.490 e. The number of hydrogen-bond donors (Lipinski definition) is 2. The second-order valence-electron chi connectivity index (χ2n) is 9.38. The van der Waals surface area contributed by atoms with E-state index in [-0.39, 0.29) is 18.1 Å². The Balaban J connectivity index is 2.49. The average Bonchev–Trinajstić information content (AvgIpc) is 2.73. The Morgan fingerprint density at radius 1 is 0.938 bits per heavy atom.